The van der Waals surface area contributed by atoms with Gasteiger partial charge in [-0.3, -0.25) is 19.0 Å². The molecule has 0 atom stereocenters. The first-order valence-corrected chi connectivity index (χ1v) is 12.3. The van der Waals surface area contributed by atoms with Gasteiger partial charge in [0.25, 0.3) is 5.56 Å². The minimum absolute atomic E-state index is 0.0750. The van der Waals surface area contributed by atoms with Crippen LogP contribution in [0.4, 0.5) is 13.2 Å². The number of halogens is 4. The molecule has 5 aromatic rings. The SMILES string of the molecule is COc1ncccc1-c1cn(-c2cc(Cl)cc(OCc3cn(C)nc3C(F)(F)F)c2)c(=O)n(-c2cccnc2)c1=O. The Morgan fingerprint density at radius 3 is 2.49 bits per heavy atom. The molecule has 1 aromatic carbocycles. The minimum Gasteiger partial charge on any atom is -0.489 e. The van der Waals surface area contributed by atoms with Crippen LogP contribution in [0, 0.1) is 0 Å². The number of nitrogens with zero attached hydrogens (tertiary/aromatic N) is 6. The van der Waals surface area contributed by atoms with Crippen LogP contribution in [-0.4, -0.2) is 36.0 Å². The fourth-order valence-electron chi connectivity index (χ4n) is 4.21. The third kappa shape index (κ3) is 5.57. The number of benzene rings is 1. The molecule has 210 valence electrons. The van der Waals surface area contributed by atoms with E-state index in [-0.39, 0.29) is 39.2 Å². The van der Waals surface area contributed by atoms with Gasteiger partial charge in [-0.1, -0.05) is 11.6 Å². The molecule has 0 N–H and O–H groups in total. The van der Waals surface area contributed by atoms with Gasteiger partial charge in [-0.2, -0.15) is 18.3 Å². The van der Waals surface area contributed by atoms with Crippen molar-refractivity contribution in [3.05, 3.63) is 111 Å². The third-order valence-electron chi connectivity index (χ3n) is 5.95. The van der Waals surface area contributed by atoms with Gasteiger partial charge >= 0.3 is 11.9 Å². The summed E-state index contributed by atoms with van der Waals surface area (Å²) in [6, 6.07) is 10.6. The fourth-order valence-corrected chi connectivity index (χ4v) is 4.43. The predicted octanol–water partition coefficient (Wildman–Crippen LogP) is 4.44. The Kier molecular flexibility index (Phi) is 7.37. The van der Waals surface area contributed by atoms with Crippen molar-refractivity contribution in [1.82, 2.24) is 28.9 Å². The first-order valence-electron chi connectivity index (χ1n) is 11.9. The molecule has 0 saturated carbocycles. The number of pyridine rings is 2. The van der Waals surface area contributed by atoms with Crippen molar-refractivity contribution in [2.75, 3.05) is 7.11 Å². The third-order valence-corrected chi connectivity index (χ3v) is 6.17. The smallest absolute Gasteiger partial charge is 0.435 e. The van der Waals surface area contributed by atoms with Crippen LogP contribution in [0.5, 0.6) is 11.6 Å². The van der Waals surface area contributed by atoms with Crippen LogP contribution < -0.4 is 20.7 Å². The summed E-state index contributed by atoms with van der Waals surface area (Å²) >= 11 is 6.33. The quantitative estimate of drug-likeness (QED) is 0.278. The maximum Gasteiger partial charge on any atom is 0.435 e. The van der Waals surface area contributed by atoms with Crippen LogP contribution in [-0.2, 0) is 19.8 Å². The van der Waals surface area contributed by atoms with Crippen molar-refractivity contribution in [2.45, 2.75) is 12.8 Å². The van der Waals surface area contributed by atoms with Crippen molar-refractivity contribution in [1.29, 1.82) is 0 Å². The Morgan fingerprint density at radius 2 is 1.78 bits per heavy atom. The molecule has 14 heteroatoms. The van der Waals surface area contributed by atoms with E-state index in [2.05, 4.69) is 15.1 Å². The average Bonchev–Trinajstić information content (AvgIpc) is 3.33. The van der Waals surface area contributed by atoms with Crippen molar-refractivity contribution >= 4 is 11.6 Å². The van der Waals surface area contributed by atoms with Gasteiger partial charge in [0.2, 0.25) is 5.88 Å². The largest absolute Gasteiger partial charge is 0.489 e. The number of hydrogen-bond donors (Lipinski definition) is 0. The molecular weight excluding hydrogens is 565 g/mol. The lowest BCUT2D eigenvalue weighted by Crippen LogP contribution is -2.38. The molecule has 0 amide bonds. The van der Waals surface area contributed by atoms with Crippen LogP contribution in [0.1, 0.15) is 11.3 Å². The Labute approximate surface area is 234 Å². The zero-order valence-corrected chi connectivity index (χ0v) is 22.2. The zero-order chi connectivity index (χ0) is 29.3. The summed E-state index contributed by atoms with van der Waals surface area (Å²) in [7, 11) is 2.77. The average molecular weight is 585 g/mol. The van der Waals surface area contributed by atoms with E-state index in [1.807, 2.05) is 0 Å². The van der Waals surface area contributed by atoms with Gasteiger partial charge in [0.15, 0.2) is 5.69 Å². The summed E-state index contributed by atoms with van der Waals surface area (Å²) < 4.78 is 54.3. The summed E-state index contributed by atoms with van der Waals surface area (Å²) in [4.78, 5) is 35.5. The molecule has 0 bridgehead atoms. The van der Waals surface area contributed by atoms with Gasteiger partial charge in [-0.15, -0.1) is 0 Å². The standard InChI is InChI=1S/C27H20ClF3N6O4/c1-35-13-16(23(34-35)27(29,30)31)15-41-20-10-17(28)9-19(11-20)36-14-22(21-6-4-8-33-24(21)40-2)25(38)37(26(36)39)18-5-3-7-32-12-18/h3-14H,15H2,1-2H3. The van der Waals surface area contributed by atoms with E-state index in [9.17, 15) is 22.8 Å². The topological polar surface area (TPSA) is 106 Å². The van der Waals surface area contributed by atoms with E-state index in [0.717, 1.165) is 9.25 Å². The van der Waals surface area contributed by atoms with Crippen LogP contribution in [0.25, 0.3) is 22.5 Å². The number of ether oxygens (including phenoxy) is 2. The lowest BCUT2D eigenvalue weighted by atomic mass is 10.1. The second kappa shape index (κ2) is 10.9. The molecule has 5 rings (SSSR count). The van der Waals surface area contributed by atoms with Gasteiger partial charge in [0, 0.05) is 48.5 Å². The monoisotopic (exact) mass is 584 g/mol. The van der Waals surface area contributed by atoms with Gasteiger partial charge < -0.3 is 9.47 Å². The number of rotatable bonds is 7. The first-order chi connectivity index (χ1) is 19.6. The Morgan fingerprint density at radius 1 is 1.00 bits per heavy atom. The molecule has 0 radical (unpaired) electrons. The molecule has 0 aliphatic heterocycles. The maximum atomic E-state index is 13.7. The molecule has 41 heavy (non-hydrogen) atoms. The van der Waals surface area contributed by atoms with E-state index in [4.69, 9.17) is 21.1 Å². The molecule has 4 heterocycles. The lowest BCUT2D eigenvalue weighted by molar-refractivity contribution is -0.142. The summed E-state index contributed by atoms with van der Waals surface area (Å²) in [5, 5.41) is 3.61. The summed E-state index contributed by atoms with van der Waals surface area (Å²) in [5.41, 5.74) is -1.88. The van der Waals surface area contributed by atoms with Crippen LogP contribution >= 0.6 is 11.6 Å². The van der Waals surface area contributed by atoms with E-state index in [0.29, 0.717) is 5.56 Å². The molecule has 0 aliphatic rings. The molecule has 0 fully saturated rings. The van der Waals surface area contributed by atoms with Crippen molar-refractivity contribution in [2.24, 2.45) is 7.05 Å². The Balaban J connectivity index is 1.65. The predicted molar refractivity (Wildman–Crippen MR) is 143 cm³/mol. The number of aryl methyl sites for hydroxylation is 1. The highest BCUT2D eigenvalue weighted by atomic mass is 35.5. The summed E-state index contributed by atoms with van der Waals surface area (Å²) in [6.45, 7) is -0.468. The maximum absolute atomic E-state index is 13.7. The van der Waals surface area contributed by atoms with Crippen molar-refractivity contribution < 1.29 is 22.6 Å². The molecule has 0 unspecified atom stereocenters. The van der Waals surface area contributed by atoms with Crippen LogP contribution in [0.3, 0.4) is 0 Å². The minimum atomic E-state index is -4.67. The van der Waals surface area contributed by atoms with Crippen molar-refractivity contribution in [3.63, 3.8) is 0 Å². The Hall–Kier alpha value is -4.91. The van der Waals surface area contributed by atoms with Gasteiger partial charge in [-0.05, 0) is 36.4 Å². The van der Waals surface area contributed by atoms with E-state index in [1.165, 1.54) is 67.9 Å². The molecular formula is C27H20ClF3N6O4. The number of aromatic nitrogens is 6. The van der Waals surface area contributed by atoms with E-state index in [1.54, 1.807) is 24.3 Å². The highest BCUT2D eigenvalue weighted by molar-refractivity contribution is 6.30. The highest BCUT2D eigenvalue weighted by Crippen LogP contribution is 2.32. The molecule has 10 nitrogen and oxygen atoms in total. The van der Waals surface area contributed by atoms with E-state index >= 15 is 0 Å². The lowest BCUT2D eigenvalue weighted by Gasteiger charge is -2.16. The normalized spacial score (nSPS) is 11.5. The summed E-state index contributed by atoms with van der Waals surface area (Å²) in [6.07, 6.45) is 2.19. The number of methoxy groups -OCH3 is 1. The fraction of sp³-hybridized carbons (Fsp3) is 0.148. The number of hydrogen-bond acceptors (Lipinski definition) is 7. The molecule has 0 saturated heterocycles. The second-order valence-electron chi connectivity index (χ2n) is 8.72. The molecule has 0 spiro atoms. The first kappa shape index (κ1) is 27.6. The second-order valence-corrected chi connectivity index (χ2v) is 9.15. The molecule has 4 aromatic heterocycles. The van der Waals surface area contributed by atoms with Gasteiger partial charge in [-0.25, -0.2) is 14.3 Å². The van der Waals surface area contributed by atoms with Crippen LogP contribution in [0.15, 0.2) is 83.0 Å². The zero-order valence-electron chi connectivity index (χ0n) is 21.5. The van der Waals surface area contributed by atoms with Gasteiger partial charge in [0.05, 0.1) is 35.8 Å². The van der Waals surface area contributed by atoms with Crippen LogP contribution in [0.2, 0.25) is 5.02 Å². The highest BCUT2D eigenvalue weighted by Gasteiger charge is 2.37. The number of alkyl halides is 3. The Bertz CT molecular complexity index is 1850. The molecule has 0 aliphatic carbocycles. The van der Waals surface area contributed by atoms with Gasteiger partial charge in [0.1, 0.15) is 12.4 Å². The van der Waals surface area contributed by atoms with E-state index < -0.39 is 29.7 Å². The summed E-state index contributed by atoms with van der Waals surface area (Å²) in [5.74, 6) is 0.232. The van der Waals surface area contributed by atoms with Crippen molar-refractivity contribution in [3.8, 4) is 34.1 Å².